The van der Waals surface area contributed by atoms with E-state index in [1.807, 2.05) is 44.2 Å². The van der Waals surface area contributed by atoms with Gasteiger partial charge in [0.25, 0.3) is 5.56 Å². The highest BCUT2D eigenvalue weighted by Crippen LogP contribution is 2.14. The van der Waals surface area contributed by atoms with Crippen LogP contribution in [0.25, 0.3) is 16.7 Å². The monoisotopic (exact) mass is 444 g/mol. The Hall–Kier alpha value is -4.20. The first-order valence-electron chi connectivity index (χ1n) is 10.6. The molecule has 4 rings (SSSR count). The molecule has 0 bridgehead atoms. The second kappa shape index (κ2) is 9.52. The maximum Gasteiger partial charge on any atom is 0.337 e. The number of amides is 1. The minimum Gasteiger partial charge on any atom is -0.491 e. The van der Waals surface area contributed by atoms with Crippen LogP contribution in [-0.2, 0) is 17.9 Å². The number of rotatable bonds is 7. The number of benzene rings is 2. The molecule has 168 valence electrons. The summed E-state index contributed by atoms with van der Waals surface area (Å²) >= 11 is 0. The Bertz CT molecular complexity index is 1390. The van der Waals surface area contributed by atoms with E-state index in [1.165, 1.54) is 10.8 Å². The van der Waals surface area contributed by atoms with E-state index in [9.17, 15) is 14.4 Å². The number of hydrogen-bond acceptors (Lipinski definition) is 5. The van der Waals surface area contributed by atoms with Gasteiger partial charge in [0.05, 0.1) is 17.2 Å². The van der Waals surface area contributed by atoms with Crippen LogP contribution in [0, 0.1) is 0 Å². The molecule has 2 aromatic carbocycles. The summed E-state index contributed by atoms with van der Waals surface area (Å²) < 4.78 is 7.90. The van der Waals surface area contributed by atoms with Gasteiger partial charge in [0, 0.05) is 12.7 Å². The Morgan fingerprint density at radius 3 is 2.42 bits per heavy atom. The van der Waals surface area contributed by atoms with Gasteiger partial charge < -0.3 is 10.1 Å². The van der Waals surface area contributed by atoms with Gasteiger partial charge in [-0.2, -0.15) is 0 Å². The fourth-order valence-corrected chi connectivity index (χ4v) is 3.49. The lowest BCUT2D eigenvalue weighted by atomic mass is 10.2. The van der Waals surface area contributed by atoms with E-state index in [2.05, 4.69) is 10.3 Å². The van der Waals surface area contributed by atoms with Gasteiger partial charge in [0.2, 0.25) is 5.91 Å². The van der Waals surface area contributed by atoms with Crippen molar-refractivity contribution in [3.05, 3.63) is 99.3 Å². The van der Waals surface area contributed by atoms with Crippen LogP contribution in [-0.4, -0.2) is 26.1 Å². The van der Waals surface area contributed by atoms with Crippen LogP contribution < -0.4 is 21.3 Å². The Balaban J connectivity index is 1.59. The summed E-state index contributed by atoms with van der Waals surface area (Å²) in [7, 11) is 0. The Morgan fingerprint density at radius 1 is 1.00 bits per heavy atom. The smallest absolute Gasteiger partial charge is 0.337 e. The number of nitrogens with zero attached hydrogens (tertiary/aromatic N) is 3. The van der Waals surface area contributed by atoms with E-state index < -0.39 is 23.7 Å². The maximum atomic E-state index is 13.2. The molecule has 0 aliphatic rings. The van der Waals surface area contributed by atoms with Crippen molar-refractivity contribution >= 4 is 16.9 Å². The van der Waals surface area contributed by atoms with Gasteiger partial charge in [0.1, 0.15) is 12.3 Å². The fraction of sp³-hybridized carbons (Fsp3) is 0.200. The predicted molar refractivity (Wildman–Crippen MR) is 126 cm³/mol. The van der Waals surface area contributed by atoms with Crippen LogP contribution in [0.5, 0.6) is 5.75 Å². The third kappa shape index (κ3) is 4.85. The molecule has 0 unspecified atom stereocenters. The summed E-state index contributed by atoms with van der Waals surface area (Å²) in [5.41, 5.74) is 0.502. The molecular weight excluding hydrogens is 420 g/mol. The lowest BCUT2D eigenvalue weighted by Crippen LogP contribution is -2.43. The molecule has 0 aliphatic carbocycles. The zero-order valence-electron chi connectivity index (χ0n) is 18.4. The number of carbonyl (C=O) groups excluding carboxylic acids is 1. The van der Waals surface area contributed by atoms with E-state index in [0.29, 0.717) is 5.69 Å². The SMILES string of the molecule is CC(C)Oc1ccc(CNC(=O)Cn2c(=O)c3cccnc3n(-c3ccccc3)c2=O)cc1. The Morgan fingerprint density at radius 2 is 1.73 bits per heavy atom. The minimum atomic E-state index is -0.622. The zero-order valence-corrected chi connectivity index (χ0v) is 18.4. The van der Waals surface area contributed by atoms with Crippen molar-refractivity contribution in [2.75, 3.05) is 0 Å². The average Bonchev–Trinajstić information content (AvgIpc) is 2.82. The number of fused-ring (bicyclic) bond motifs is 1. The number of nitrogens with one attached hydrogen (secondary N) is 1. The van der Waals surface area contributed by atoms with E-state index in [4.69, 9.17) is 4.74 Å². The van der Waals surface area contributed by atoms with Crippen LogP contribution in [0.1, 0.15) is 19.4 Å². The van der Waals surface area contributed by atoms with Gasteiger partial charge in [-0.25, -0.2) is 18.9 Å². The Kier molecular flexibility index (Phi) is 6.35. The fourth-order valence-electron chi connectivity index (χ4n) is 3.49. The first-order valence-corrected chi connectivity index (χ1v) is 10.6. The molecule has 1 N–H and O–H groups in total. The Labute approximate surface area is 190 Å². The second-order valence-electron chi connectivity index (χ2n) is 7.81. The highest BCUT2D eigenvalue weighted by molar-refractivity contribution is 5.78. The van der Waals surface area contributed by atoms with Gasteiger partial charge in [-0.15, -0.1) is 0 Å². The molecule has 0 atom stereocenters. The summed E-state index contributed by atoms with van der Waals surface area (Å²) in [6.07, 6.45) is 1.60. The predicted octanol–water partition coefficient (Wildman–Crippen LogP) is 2.65. The molecule has 0 spiro atoms. The van der Waals surface area contributed by atoms with Gasteiger partial charge in [-0.1, -0.05) is 30.3 Å². The van der Waals surface area contributed by atoms with E-state index in [-0.39, 0.29) is 23.7 Å². The molecule has 8 nitrogen and oxygen atoms in total. The van der Waals surface area contributed by atoms with Crippen molar-refractivity contribution in [2.45, 2.75) is 33.0 Å². The number of hydrogen-bond donors (Lipinski definition) is 1. The summed E-state index contributed by atoms with van der Waals surface area (Å²) in [4.78, 5) is 43.1. The van der Waals surface area contributed by atoms with Crippen molar-refractivity contribution in [1.29, 1.82) is 0 Å². The largest absolute Gasteiger partial charge is 0.491 e. The van der Waals surface area contributed by atoms with E-state index in [1.54, 1.807) is 36.4 Å². The van der Waals surface area contributed by atoms with Crippen molar-refractivity contribution in [1.82, 2.24) is 19.4 Å². The zero-order chi connectivity index (χ0) is 23.4. The molecule has 0 aliphatic heterocycles. The van der Waals surface area contributed by atoms with Gasteiger partial charge >= 0.3 is 5.69 Å². The first kappa shape index (κ1) is 22.0. The van der Waals surface area contributed by atoms with Gasteiger partial charge in [-0.3, -0.25) is 9.59 Å². The van der Waals surface area contributed by atoms with Crippen LogP contribution in [0.15, 0.2) is 82.5 Å². The molecule has 0 saturated heterocycles. The standard InChI is InChI=1S/C25H24N4O4/c1-17(2)33-20-12-10-18(11-13-20)15-27-22(30)16-28-24(31)21-9-6-14-26-23(21)29(25(28)32)19-7-4-3-5-8-19/h3-14,17H,15-16H2,1-2H3,(H,27,30). The van der Waals surface area contributed by atoms with Crippen LogP contribution in [0.2, 0.25) is 0 Å². The van der Waals surface area contributed by atoms with Crippen molar-refractivity contribution in [3.63, 3.8) is 0 Å². The van der Waals surface area contributed by atoms with Crippen LogP contribution in [0.3, 0.4) is 0 Å². The number of pyridine rings is 1. The third-order valence-corrected chi connectivity index (χ3v) is 5.00. The summed E-state index contributed by atoms with van der Waals surface area (Å²) in [6, 6.07) is 19.5. The number of para-hydroxylation sites is 1. The topological polar surface area (TPSA) is 95.2 Å². The van der Waals surface area contributed by atoms with E-state index >= 15 is 0 Å². The lowest BCUT2D eigenvalue weighted by molar-refractivity contribution is -0.121. The van der Waals surface area contributed by atoms with Crippen molar-refractivity contribution in [2.24, 2.45) is 0 Å². The third-order valence-electron chi connectivity index (χ3n) is 5.00. The molecule has 0 radical (unpaired) electrons. The normalized spacial score (nSPS) is 11.0. The van der Waals surface area contributed by atoms with Crippen molar-refractivity contribution in [3.8, 4) is 11.4 Å². The molecular formula is C25H24N4O4. The molecule has 4 aromatic rings. The van der Waals surface area contributed by atoms with Gasteiger partial charge in [0.15, 0.2) is 5.65 Å². The van der Waals surface area contributed by atoms with Gasteiger partial charge in [-0.05, 0) is 55.8 Å². The lowest BCUT2D eigenvalue weighted by Gasteiger charge is -2.13. The molecule has 0 fully saturated rings. The average molecular weight is 444 g/mol. The quantitative estimate of drug-likeness (QED) is 0.473. The summed E-state index contributed by atoms with van der Waals surface area (Å²) in [5.74, 6) is 0.303. The highest BCUT2D eigenvalue weighted by Gasteiger charge is 2.17. The van der Waals surface area contributed by atoms with E-state index in [0.717, 1.165) is 15.9 Å². The molecule has 2 aromatic heterocycles. The second-order valence-corrected chi connectivity index (χ2v) is 7.81. The molecule has 33 heavy (non-hydrogen) atoms. The molecule has 1 amide bonds. The number of ether oxygens (including phenoxy) is 1. The van der Waals surface area contributed by atoms with Crippen LogP contribution in [0.4, 0.5) is 0 Å². The molecule has 2 heterocycles. The molecule has 8 heteroatoms. The summed E-state index contributed by atoms with van der Waals surface area (Å²) in [6.45, 7) is 3.76. The highest BCUT2D eigenvalue weighted by atomic mass is 16.5. The van der Waals surface area contributed by atoms with Crippen LogP contribution >= 0.6 is 0 Å². The summed E-state index contributed by atoms with van der Waals surface area (Å²) in [5, 5.41) is 3.02. The maximum absolute atomic E-state index is 13.2. The molecule has 0 saturated carbocycles. The minimum absolute atomic E-state index is 0.0750. The van der Waals surface area contributed by atoms with Crippen molar-refractivity contribution < 1.29 is 9.53 Å². The number of carbonyl (C=O) groups is 1. The first-order chi connectivity index (χ1) is 15.9. The number of aromatic nitrogens is 3.